The molecule has 0 fully saturated rings. The molecule has 2 aromatic rings. The van der Waals surface area contributed by atoms with Gasteiger partial charge < -0.3 is 9.64 Å². The van der Waals surface area contributed by atoms with Gasteiger partial charge in [-0.25, -0.2) is 0 Å². The third kappa shape index (κ3) is 3.79. The zero-order valence-corrected chi connectivity index (χ0v) is 13.0. The van der Waals surface area contributed by atoms with Gasteiger partial charge in [0.25, 0.3) is 5.91 Å². The number of nitriles is 2. The van der Waals surface area contributed by atoms with Crippen molar-refractivity contribution < 1.29 is 9.53 Å². The van der Waals surface area contributed by atoms with Crippen LogP contribution < -0.4 is 4.74 Å². The lowest BCUT2D eigenvalue weighted by atomic mass is 10.2. The second-order valence-corrected chi connectivity index (χ2v) is 5.08. The number of carbonyl (C=O) groups is 1. The topological polar surface area (TPSA) is 77.1 Å². The molecule has 114 valence electrons. The van der Waals surface area contributed by atoms with E-state index in [1.54, 1.807) is 49.5 Å². The first-order valence-electron chi connectivity index (χ1n) is 6.65. The van der Waals surface area contributed by atoms with Crippen molar-refractivity contribution in [1.29, 1.82) is 10.5 Å². The van der Waals surface area contributed by atoms with Crippen LogP contribution in [0.5, 0.6) is 11.5 Å². The second-order valence-electron chi connectivity index (χ2n) is 4.67. The summed E-state index contributed by atoms with van der Waals surface area (Å²) in [5.74, 6) is 0.429. The molecule has 0 aromatic heterocycles. The number of halogens is 1. The Hall–Kier alpha value is -3.02. The number of hydrogen-bond acceptors (Lipinski definition) is 4. The molecule has 0 bridgehead atoms. The highest BCUT2D eigenvalue weighted by Crippen LogP contribution is 2.30. The molecule has 0 unspecified atom stereocenters. The van der Waals surface area contributed by atoms with E-state index in [2.05, 4.69) is 0 Å². The van der Waals surface area contributed by atoms with Crippen molar-refractivity contribution in [2.45, 2.75) is 0 Å². The van der Waals surface area contributed by atoms with Crippen LogP contribution in [-0.2, 0) is 0 Å². The van der Waals surface area contributed by atoms with Gasteiger partial charge in [-0.05, 0) is 30.3 Å². The minimum Gasteiger partial charge on any atom is -0.456 e. The fourth-order valence-corrected chi connectivity index (χ4v) is 2.12. The van der Waals surface area contributed by atoms with Gasteiger partial charge in [0.15, 0.2) is 0 Å². The van der Waals surface area contributed by atoms with Gasteiger partial charge in [-0.1, -0.05) is 23.7 Å². The minimum atomic E-state index is -0.288. The molecule has 0 saturated heterocycles. The van der Waals surface area contributed by atoms with Gasteiger partial charge in [-0.15, -0.1) is 0 Å². The predicted octanol–water partition coefficient (Wildman–Crippen LogP) is 3.60. The molecule has 5 nitrogen and oxygen atoms in total. The number of benzene rings is 2. The number of nitrogens with zero attached hydrogens (tertiary/aromatic N) is 3. The van der Waals surface area contributed by atoms with Crippen LogP contribution >= 0.6 is 11.6 Å². The number of carbonyl (C=O) groups excluding carboxylic acids is 1. The summed E-state index contributed by atoms with van der Waals surface area (Å²) >= 11 is 5.96. The molecular weight excluding hydrogens is 314 g/mol. The quantitative estimate of drug-likeness (QED) is 0.805. The molecule has 0 atom stereocenters. The third-order valence-electron chi connectivity index (χ3n) is 3.05. The van der Waals surface area contributed by atoms with Gasteiger partial charge in [-0.2, -0.15) is 10.5 Å². The third-order valence-corrected chi connectivity index (χ3v) is 3.37. The van der Waals surface area contributed by atoms with E-state index in [4.69, 9.17) is 26.9 Å². The van der Waals surface area contributed by atoms with Gasteiger partial charge >= 0.3 is 0 Å². The van der Waals surface area contributed by atoms with E-state index >= 15 is 0 Å². The van der Waals surface area contributed by atoms with Crippen molar-refractivity contribution in [3.63, 3.8) is 0 Å². The van der Waals surface area contributed by atoms with Crippen LogP contribution in [-0.4, -0.2) is 24.4 Å². The monoisotopic (exact) mass is 325 g/mol. The van der Waals surface area contributed by atoms with Crippen LogP contribution in [0.1, 0.15) is 15.9 Å². The smallest absolute Gasteiger partial charge is 0.254 e. The Labute approximate surface area is 138 Å². The predicted molar refractivity (Wildman–Crippen MR) is 85.3 cm³/mol. The molecule has 0 heterocycles. The van der Waals surface area contributed by atoms with Gasteiger partial charge in [0, 0.05) is 12.6 Å². The lowest BCUT2D eigenvalue weighted by molar-refractivity contribution is 0.0811. The molecule has 0 radical (unpaired) electrons. The van der Waals surface area contributed by atoms with Crippen LogP contribution in [0.25, 0.3) is 0 Å². The Morgan fingerprint density at radius 3 is 2.70 bits per heavy atom. The fourth-order valence-electron chi connectivity index (χ4n) is 1.92. The van der Waals surface area contributed by atoms with E-state index < -0.39 is 0 Å². The first kappa shape index (κ1) is 16.4. The molecular formula is C17H12ClN3O2. The standard InChI is InChI=1S/C17H12ClN3O2/c1-21(9-8-19)17(22)12-4-2-5-13(10-12)23-16-7-3-6-15(18)14(16)11-20/h2-7,10H,9H2,1H3. The van der Waals surface area contributed by atoms with Gasteiger partial charge in [0.05, 0.1) is 11.1 Å². The molecule has 0 spiro atoms. The van der Waals surface area contributed by atoms with Gasteiger partial charge in [0.1, 0.15) is 29.7 Å². The highest BCUT2D eigenvalue weighted by atomic mass is 35.5. The molecule has 0 aliphatic heterocycles. The lowest BCUT2D eigenvalue weighted by Crippen LogP contribution is -2.26. The van der Waals surface area contributed by atoms with Crippen molar-refractivity contribution >= 4 is 17.5 Å². The van der Waals surface area contributed by atoms with E-state index in [0.717, 1.165) is 0 Å². The van der Waals surface area contributed by atoms with Gasteiger partial charge in [0.2, 0.25) is 0 Å². The fraction of sp³-hybridized carbons (Fsp3) is 0.118. The van der Waals surface area contributed by atoms with E-state index in [1.807, 2.05) is 12.1 Å². The normalized spacial score (nSPS) is 9.57. The first-order valence-corrected chi connectivity index (χ1v) is 7.03. The summed E-state index contributed by atoms with van der Waals surface area (Å²) in [4.78, 5) is 13.5. The lowest BCUT2D eigenvalue weighted by Gasteiger charge is -2.14. The number of amides is 1. The van der Waals surface area contributed by atoms with E-state index in [9.17, 15) is 4.79 Å². The number of ether oxygens (including phenoxy) is 1. The van der Waals surface area contributed by atoms with E-state index in [-0.39, 0.29) is 18.0 Å². The zero-order chi connectivity index (χ0) is 16.8. The number of hydrogen-bond donors (Lipinski definition) is 0. The molecule has 0 saturated carbocycles. The average molecular weight is 326 g/mol. The summed E-state index contributed by atoms with van der Waals surface area (Å²) in [6, 6.07) is 15.3. The Morgan fingerprint density at radius 1 is 1.26 bits per heavy atom. The summed E-state index contributed by atoms with van der Waals surface area (Å²) in [7, 11) is 1.55. The maximum absolute atomic E-state index is 12.2. The Balaban J connectivity index is 2.29. The first-order chi connectivity index (χ1) is 11.1. The van der Waals surface area contributed by atoms with Crippen molar-refractivity contribution in [1.82, 2.24) is 4.90 Å². The summed E-state index contributed by atoms with van der Waals surface area (Å²) in [5.41, 5.74) is 0.619. The summed E-state index contributed by atoms with van der Waals surface area (Å²) in [5, 5.41) is 18.1. The van der Waals surface area contributed by atoms with Gasteiger partial charge in [-0.3, -0.25) is 4.79 Å². The molecule has 2 rings (SSSR count). The largest absolute Gasteiger partial charge is 0.456 e. The summed E-state index contributed by atoms with van der Waals surface area (Å²) < 4.78 is 5.67. The van der Waals surface area contributed by atoms with Crippen molar-refractivity contribution in [3.8, 4) is 23.6 Å². The van der Waals surface area contributed by atoms with Crippen LogP contribution in [0.4, 0.5) is 0 Å². The van der Waals surface area contributed by atoms with Crippen LogP contribution in [0, 0.1) is 22.7 Å². The van der Waals surface area contributed by atoms with E-state index in [1.165, 1.54) is 4.90 Å². The minimum absolute atomic E-state index is 0.00318. The highest BCUT2D eigenvalue weighted by Gasteiger charge is 2.13. The average Bonchev–Trinajstić information content (AvgIpc) is 2.55. The molecule has 23 heavy (non-hydrogen) atoms. The molecule has 2 aromatic carbocycles. The van der Waals surface area contributed by atoms with Crippen LogP contribution in [0.15, 0.2) is 42.5 Å². The Morgan fingerprint density at radius 2 is 2.00 bits per heavy atom. The SMILES string of the molecule is CN(CC#N)C(=O)c1cccc(Oc2cccc(Cl)c2C#N)c1. The van der Waals surface area contributed by atoms with Crippen LogP contribution in [0.2, 0.25) is 5.02 Å². The van der Waals surface area contributed by atoms with Crippen LogP contribution in [0.3, 0.4) is 0 Å². The zero-order valence-electron chi connectivity index (χ0n) is 12.3. The molecule has 6 heteroatoms. The van der Waals surface area contributed by atoms with E-state index in [0.29, 0.717) is 22.1 Å². The summed E-state index contributed by atoms with van der Waals surface area (Å²) in [6.45, 7) is -0.00318. The Bertz CT molecular complexity index is 821. The van der Waals surface area contributed by atoms with Crippen molar-refractivity contribution in [2.24, 2.45) is 0 Å². The van der Waals surface area contributed by atoms with Crippen molar-refractivity contribution in [2.75, 3.05) is 13.6 Å². The maximum Gasteiger partial charge on any atom is 0.254 e. The summed E-state index contributed by atoms with van der Waals surface area (Å²) in [6.07, 6.45) is 0. The number of rotatable bonds is 4. The Kier molecular flexibility index (Phi) is 5.19. The molecule has 1 amide bonds. The maximum atomic E-state index is 12.2. The molecule has 0 aliphatic carbocycles. The molecule has 0 N–H and O–H groups in total. The second kappa shape index (κ2) is 7.31. The molecule has 0 aliphatic rings. The van der Waals surface area contributed by atoms with Crippen molar-refractivity contribution in [3.05, 3.63) is 58.6 Å². The highest BCUT2D eigenvalue weighted by molar-refractivity contribution is 6.31.